The van der Waals surface area contributed by atoms with E-state index >= 15 is 0 Å². The highest BCUT2D eigenvalue weighted by Crippen LogP contribution is 2.26. The fraction of sp³-hybridized carbons (Fsp3) is 0.750. The van der Waals surface area contributed by atoms with Crippen LogP contribution in [0.15, 0.2) is 0 Å². The molecule has 1 aliphatic rings. The van der Waals surface area contributed by atoms with Crippen LogP contribution in [0.25, 0.3) is 0 Å². The van der Waals surface area contributed by atoms with Gasteiger partial charge < -0.3 is 9.57 Å². The Balaban J connectivity index is 2.60. The number of hydrogen-bond donors (Lipinski definition) is 0. The van der Waals surface area contributed by atoms with Crippen LogP contribution in [0.4, 0.5) is 26.3 Å². The molecular formula is C8H7F6NO4. The first kappa shape index (κ1) is 15.5. The molecule has 1 aliphatic heterocycles. The van der Waals surface area contributed by atoms with E-state index in [1.165, 1.54) is 0 Å². The summed E-state index contributed by atoms with van der Waals surface area (Å²) in [5.41, 5.74) is 0. The zero-order chi connectivity index (χ0) is 14.8. The summed E-state index contributed by atoms with van der Waals surface area (Å²) in [5, 5.41) is 0.263. The van der Waals surface area contributed by atoms with Crippen molar-refractivity contribution in [2.24, 2.45) is 0 Å². The van der Waals surface area contributed by atoms with Gasteiger partial charge in [0.05, 0.1) is 0 Å². The molecule has 1 atom stereocenters. The second kappa shape index (κ2) is 5.23. The molecule has 1 rings (SSSR count). The number of esters is 1. The number of alkyl halides is 6. The van der Waals surface area contributed by atoms with E-state index < -0.39 is 30.5 Å². The van der Waals surface area contributed by atoms with Gasteiger partial charge in [-0.1, -0.05) is 5.06 Å². The Bertz CT molecular complexity index is 331. The zero-order valence-corrected chi connectivity index (χ0v) is 9.05. The maximum absolute atomic E-state index is 11.9. The minimum absolute atomic E-state index is 0.112. The van der Waals surface area contributed by atoms with Crippen molar-refractivity contribution in [2.45, 2.75) is 31.4 Å². The first-order chi connectivity index (χ1) is 8.51. The monoisotopic (exact) mass is 295 g/mol. The van der Waals surface area contributed by atoms with E-state index in [1.54, 1.807) is 0 Å². The van der Waals surface area contributed by atoms with E-state index in [2.05, 4.69) is 9.57 Å². The van der Waals surface area contributed by atoms with Gasteiger partial charge >= 0.3 is 24.3 Å². The third-order valence-corrected chi connectivity index (χ3v) is 2.06. The maximum atomic E-state index is 11.9. The molecule has 0 aliphatic carbocycles. The molecule has 19 heavy (non-hydrogen) atoms. The van der Waals surface area contributed by atoms with E-state index in [1.807, 2.05) is 0 Å². The second-order valence-electron chi connectivity index (χ2n) is 3.52. The lowest BCUT2D eigenvalue weighted by atomic mass is 10.4. The molecule has 0 N–H and O–H groups in total. The molecule has 0 aromatic carbocycles. The van der Waals surface area contributed by atoms with Crippen LogP contribution in [0.1, 0.15) is 12.8 Å². The van der Waals surface area contributed by atoms with E-state index in [0.29, 0.717) is 0 Å². The normalized spacial score (nSPS) is 21.3. The van der Waals surface area contributed by atoms with Crippen molar-refractivity contribution >= 4 is 11.9 Å². The van der Waals surface area contributed by atoms with Crippen LogP contribution in [-0.4, -0.2) is 42.1 Å². The van der Waals surface area contributed by atoms with Gasteiger partial charge in [0.1, 0.15) is 0 Å². The van der Waals surface area contributed by atoms with E-state index in [0.717, 1.165) is 0 Å². The van der Waals surface area contributed by atoms with Gasteiger partial charge in [-0.2, -0.15) is 26.3 Å². The van der Waals surface area contributed by atoms with Crippen LogP contribution in [0.2, 0.25) is 0 Å². The van der Waals surface area contributed by atoms with Gasteiger partial charge in [0.2, 0.25) is 0 Å². The highest BCUT2D eigenvalue weighted by Gasteiger charge is 2.47. The van der Waals surface area contributed by atoms with Crippen molar-refractivity contribution in [3.05, 3.63) is 0 Å². The van der Waals surface area contributed by atoms with E-state index in [9.17, 15) is 35.9 Å². The van der Waals surface area contributed by atoms with Gasteiger partial charge in [0, 0.05) is 13.0 Å². The lowest BCUT2D eigenvalue weighted by molar-refractivity contribution is -0.268. The number of carbonyl (C=O) groups is 2. The van der Waals surface area contributed by atoms with Crippen LogP contribution in [0, 0.1) is 0 Å². The summed E-state index contributed by atoms with van der Waals surface area (Å²) < 4.78 is 75.3. The molecule has 0 amide bonds. The average Bonchev–Trinajstić information content (AvgIpc) is 2.62. The van der Waals surface area contributed by atoms with Crippen molar-refractivity contribution in [1.82, 2.24) is 5.06 Å². The first-order valence-corrected chi connectivity index (χ1v) is 4.85. The minimum atomic E-state index is -5.29. The Morgan fingerprint density at radius 3 is 2.00 bits per heavy atom. The van der Waals surface area contributed by atoms with Crippen molar-refractivity contribution in [3.8, 4) is 0 Å². The van der Waals surface area contributed by atoms with Crippen molar-refractivity contribution in [1.29, 1.82) is 0 Å². The molecular weight excluding hydrogens is 288 g/mol. The summed E-state index contributed by atoms with van der Waals surface area (Å²) in [4.78, 5) is 24.8. The Morgan fingerprint density at radius 2 is 1.53 bits per heavy atom. The van der Waals surface area contributed by atoms with Crippen LogP contribution in [0.5, 0.6) is 0 Å². The molecule has 0 bridgehead atoms. The molecule has 1 heterocycles. The molecule has 11 heteroatoms. The molecule has 0 radical (unpaired) electrons. The summed E-state index contributed by atoms with van der Waals surface area (Å²) in [6.07, 6.45) is -12.3. The van der Waals surface area contributed by atoms with Gasteiger partial charge in [-0.05, 0) is 6.42 Å². The highest BCUT2D eigenvalue weighted by molar-refractivity contribution is 5.76. The van der Waals surface area contributed by atoms with Gasteiger partial charge in [0.15, 0.2) is 6.23 Å². The summed E-state index contributed by atoms with van der Waals surface area (Å²) in [6, 6.07) is 0. The summed E-state index contributed by atoms with van der Waals surface area (Å²) >= 11 is 0. The number of rotatable bonds is 2. The molecule has 0 saturated carbocycles. The van der Waals surface area contributed by atoms with Crippen LogP contribution < -0.4 is 0 Å². The number of halogens is 6. The standard InChI is InChI=1S/C8H7F6NO4/c9-7(10,11)5(16)18-4-2-1-3-15(4)19-6(17)8(12,13)14/h4H,1-3H2. The van der Waals surface area contributed by atoms with E-state index in [4.69, 9.17) is 0 Å². The SMILES string of the molecule is O=C(OC1CCCN1OC(=O)C(F)(F)F)C(F)(F)F. The molecule has 1 fully saturated rings. The second-order valence-corrected chi connectivity index (χ2v) is 3.52. The van der Waals surface area contributed by atoms with Crippen molar-refractivity contribution < 1.29 is 45.5 Å². The van der Waals surface area contributed by atoms with Gasteiger partial charge in [-0.25, -0.2) is 9.59 Å². The van der Waals surface area contributed by atoms with Crippen LogP contribution >= 0.6 is 0 Å². The Hall–Kier alpha value is -1.52. The quantitative estimate of drug-likeness (QED) is 0.571. The summed E-state index contributed by atoms with van der Waals surface area (Å²) in [5.74, 6) is -5.16. The minimum Gasteiger partial charge on any atom is -0.437 e. The fourth-order valence-corrected chi connectivity index (χ4v) is 1.28. The Kier molecular flexibility index (Phi) is 4.28. The van der Waals surface area contributed by atoms with E-state index in [-0.39, 0.29) is 24.4 Å². The molecule has 0 aromatic rings. The predicted octanol–water partition coefficient (Wildman–Crippen LogP) is 1.53. The third kappa shape index (κ3) is 4.26. The Morgan fingerprint density at radius 1 is 1.00 bits per heavy atom. The average molecular weight is 295 g/mol. The van der Waals surface area contributed by atoms with Gasteiger partial charge in [-0.15, -0.1) is 0 Å². The number of hydrogen-bond acceptors (Lipinski definition) is 5. The summed E-state index contributed by atoms with van der Waals surface area (Å²) in [7, 11) is 0. The smallest absolute Gasteiger partial charge is 0.437 e. The number of ether oxygens (including phenoxy) is 1. The lowest BCUT2D eigenvalue weighted by Crippen LogP contribution is -2.41. The fourth-order valence-electron chi connectivity index (χ4n) is 1.28. The highest BCUT2D eigenvalue weighted by atomic mass is 19.4. The molecule has 110 valence electrons. The summed E-state index contributed by atoms with van der Waals surface area (Å²) in [6.45, 7) is -0.266. The topological polar surface area (TPSA) is 55.8 Å². The molecule has 0 aromatic heterocycles. The van der Waals surface area contributed by atoms with Crippen LogP contribution in [-0.2, 0) is 19.2 Å². The lowest BCUT2D eigenvalue weighted by Gasteiger charge is -2.23. The molecule has 1 unspecified atom stereocenters. The zero-order valence-electron chi connectivity index (χ0n) is 9.05. The maximum Gasteiger partial charge on any atom is 0.492 e. The number of carbonyl (C=O) groups excluding carboxylic acids is 2. The predicted molar refractivity (Wildman–Crippen MR) is 44.0 cm³/mol. The van der Waals surface area contributed by atoms with Crippen molar-refractivity contribution in [3.63, 3.8) is 0 Å². The van der Waals surface area contributed by atoms with Gasteiger partial charge in [-0.3, -0.25) is 0 Å². The first-order valence-electron chi connectivity index (χ1n) is 4.85. The number of hydroxylamine groups is 2. The number of nitrogens with zero attached hydrogens (tertiary/aromatic N) is 1. The third-order valence-electron chi connectivity index (χ3n) is 2.06. The molecule has 0 spiro atoms. The molecule has 1 saturated heterocycles. The molecule has 5 nitrogen and oxygen atoms in total. The van der Waals surface area contributed by atoms with Gasteiger partial charge in [0.25, 0.3) is 0 Å². The van der Waals surface area contributed by atoms with Crippen LogP contribution in [0.3, 0.4) is 0 Å². The largest absolute Gasteiger partial charge is 0.492 e. The Labute approximate surface area is 102 Å². The van der Waals surface area contributed by atoms with Crippen molar-refractivity contribution in [2.75, 3.05) is 6.54 Å².